The number of aromatic nitrogens is 3. The average Bonchev–Trinajstić information content (AvgIpc) is 3.25. The topological polar surface area (TPSA) is 140 Å². The molecule has 0 unspecified atom stereocenters. The molecular formula is C45H56N10O5. The van der Waals surface area contributed by atoms with Crippen LogP contribution in [0.3, 0.4) is 0 Å². The van der Waals surface area contributed by atoms with Crippen LogP contribution >= 0.6 is 0 Å². The van der Waals surface area contributed by atoms with E-state index in [9.17, 15) is 14.4 Å². The molecule has 3 saturated heterocycles. The molecule has 4 amide bonds. The highest BCUT2D eigenvalue weighted by molar-refractivity contribution is 6.05. The minimum absolute atomic E-state index is 0.171. The monoisotopic (exact) mass is 816 g/mol. The molecule has 15 heteroatoms. The largest absolute Gasteiger partial charge is 0.497 e. The first kappa shape index (κ1) is 40.8. The van der Waals surface area contributed by atoms with Crippen LogP contribution in [0.15, 0.2) is 73.1 Å². The van der Waals surface area contributed by atoms with E-state index in [1.54, 1.807) is 23.1 Å². The van der Waals surface area contributed by atoms with Gasteiger partial charge in [-0.3, -0.25) is 19.5 Å². The van der Waals surface area contributed by atoms with Gasteiger partial charge in [0, 0.05) is 82.9 Å². The van der Waals surface area contributed by atoms with E-state index in [0.29, 0.717) is 43.6 Å². The maximum atomic E-state index is 13.4. The fourth-order valence-electron chi connectivity index (χ4n) is 8.35. The number of urea groups is 1. The molecule has 2 aromatic heterocycles. The molecule has 4 aliphatic rings. The van der Waals surface area contributed by atoms with Gasteiger partial charge in [0.15, 0.2) is 0 Å². The molecule has 1 N–H and O–H groups in total. The number of nitrogens with one attached hydrogen (secondary N) is 1. The van der Waals surface area contributed by atoms with Gasteiger partial charge in [0.05, 0.1) is 37.8 Å². The van der Waals surface area contributed by atoms with E-state index in [4.69, 9.17) is 19.4 Å². The van der Waals surface area contributed by atoms with Crippen molar-refractivity contribution in [1.29, 1.82) is 0 Å². The fraction of sp³-hybridized carbons (Fsp3) is 0.467. The highest BCUT2D eigenvalue weighted by Crippen LogP contribution is 2.29. The van der Waals surface area contributed by atoms with Crippen LogP contribution in [-0.2, 0) is 29.0 Å². The Bertz CT molecular complexity index is 2130. The summed E-state index contributed by atoms with van der Waals surface area (Å²) in [6, 6.07) is 19.5. The molecule has 0 atom stereocenters. The summed E-state index contributed by atoms with van der Waals surface area (Å²) < 4.78 is 10.8. The lowest BCUT2D eigenvalue weighted by Gasteiger charge is -2.40. The Morgan fingerprint density at radius 1 is 0.800 bits per heavy atom. The van der Waals surface area contributed by atoms with Crippen LogP contribution in [0.1, 0.15) is 56.9 Å². The van der Waals surface area contributed by atoms with Gasteiger partial charge in [-0.25, -0.2) is 24.5 Å². The van der Waals surface area contributed by atoms with E-state index in [0.717, 1.165) is 92.7 Å². The average molecular weight is 817 g/mol. The molecule has 0 spiro atoms. The van der Waals surface area contributed by atoms with E-state index in [1.165, 1.54) is 10.6 Å². The Hall–Kier alpha value is -5.96. The van der Waals surface area contributed by atoms with Crippen molar-refractivity contribution in [3.05, 3.63) is 89.9 Å². The number of benzene rings is 2. The minimum Gasteiger partial charge on any atom is -0.497 e. The minimum atomic E-state index is -0.541. The van der Waals surface area contributed by atoms with Gasteiger partial charge >= 0.3 is 12.1 Å². The molecule has 15 nitrogen and oxygen atoms in total. The Labute approximate surface area is 352 Å². The molecule has 4 aromatic rings. The zero-order valence-corrected chi connectivity index (χ0v) is 35.2. The van der Waals surface area contributed by atoms with Gasteiger partial charge in [-0.05, 0) is 106 Å². The number of hydrogen-bond donors (Lipinski definition) is 1. The molecule has 3 fully saturated rings. The third-order valence-electron chi connectivity index (χ3n) is 11.8. The number of fused-ring (bicyclic) bond motifs is 1. The van der Waals surface area contributed by atoms with Crippen LogP contribution in [0.25, 0.3) is 0 Å². The van der Waals surface area contributed by atoms with Gasteiger partial charge in [-0.1, -0.05) is 12.1 Å². The van der Waals surface area contributed by atoms with Gasteiger partial charge in [-0.2, -0.15) is 0 Å². The molecule has 60 heavy (non-hydrogen) atoms. The first-order valence-electron chi connectivity index (χ1n) is 21.1. The zero-order valence-electron chi connectivity index (χ0n) is 35.2. The van der Waals surface area contributed by atoms with Crippen molar-refractivity contribution in [2.45, 2.75) is 65.1 Å². The van der Waals surface area contributed by atoms with Crippen LogP contribution in [-0.4, -0.2) is 119 Å². The Kier molecular flexibility index (Phi) is 12.0. The molecule has 316 valence electrons. The fourth-order valence-corrected chi connectivity index (χ4v) is 8.35. The van der Waals surface area contributed by atoms with Crippen LogP contribution in [0.2, 0.25) is 0 Å². The molecule has 0 aliphatic carbocycles. The molecule has 4 aliphatic heterocycles. The van der Waals surface area contributed by atoms with E-state index >= 15 is 0 Å². The van der Waals surface area contributed by atoms with Crippen molar-refractivity contribution < 1.29 is 23.9 Å². The second-order valence-electron chi connectivity index (χ2n) is 17.1. The van der Waals surface area contributed by atoms with Gasteiger partial charge in [-0.15, -0.1) is 0 Å². The standard InChI is InChI=1S/C45H56N10O5/c1-45(2,3)60-44(58)53-21-17-34-27-47-42(49-39(34)31-53)48-35-7-9-36(10-8-35)51-19-15-33(16-20-51)29-50-23-25-52(26-24-50)40-14-11-37(28-46-40)54-22-18-41(56)55(43(54)57)30-32-5-12-38(59-4)13-6-32/h5-14,27-28,33H,15-26,29-31H2,1-4H3,(H,47,48,49). The van der Waals surface area contributed by atoms with Gasteiger partial charge in [0.25, 0.3) is 0 Å². The normalized spacial score (nSPS) is 18.1. The molecule has 0 radical (unpaired) electrons. The lowest BCUT2D eigenvalue weighted by molar-refractivity contribution is -0.129. The first-order chi connectivity index (χ1) is 29.0. The lowest BCUT2D eigenvalue weighted by atomic mass is 9.95. The summed E-state index contributed by atoms with van der Waals surface area (Å²) in [6.45, 7) is 14.1. The van der Waals surface area contributed by atoms with Gasteiger partial charge in [0.2, 0.25) is 11.9 Å². The Morgan fingerprint density at radius 3 is 2.22 bits per heavy atom. The van der Waals surface area contributed by atoms with Gasteiger partial charge < -0.3 is 29.5 Å². The predicted molar refractivity (Wildman–Crippen MR) is 231 cm³/mol. The summed E-state index contributed by atoms with van der Waals surface area (Å²) in [5, 5.41) is 3.35. The molecule has 0 bridgehead atoms. The van der Waals surface area contributed by atoms with Crippen LogP contribution in [0.4, 0.5) is 38.4 Å². The SMILES string of the molecule is COc1ccc(CN2C(=O)CCN(c3ccc(N4CCN(CC5CCN(c6ccc(Nc7ncc8c(n7)CN(C(=O)OC(C)(C)C)CC8)cc6)CC5)CC4)nc3)C2=O)cc1. The third kappa shape index (κ3) is 9.73. The van der Waals surface area contributed by atoms with Crippen LogP contribution in [0.5, 0.6) is 5.75 Å². The number of piperidine rings is 1. The Balaban J connectivity index is 0.766. The van der Waals surface area contributed by atoms with Crippen molar-refractivity contribution in [1.82, 2.24) is 29.7 Å². The number of amides is 4. The first-order valence-corrected chi connectivity index (χ1v) is 21.1. The molecule has 8 rings (SSSR count). The Morgan fingerprint density at radius 2 is 1.53 bits per heavy atom. The molecule has 2 aromatic carbocycles. The summed E-state index contributed by atoms with van der Waals surface area (Å²) >= 11 is 0. The zero-order chi connectivity index (χ0) is 41.8. The number of pyridine rings is 1. The van der Waals surface area contributed by atoms with Gasteiger partial charge in [0.1, 0.15) is 17.2 Å². The van der Waals surface area contributed by atoms with Crippen molar-refractivity contribution in [2.75, 3.05) is 86.0 Å². The van der Waals surface area contributed by atoms with Crippen LogP contribution < -0.4 is 24.8 Å². The second-order valence-corrected chi connectivity index (χ2v) is 17.1. The number of anilines is 5. The molecule has 6 heterocycles. The number of hydrogen-bond acceptors (Lipinski definition) is 12. The quantitative estimate of drug-likeness (QED) is 0.192. The maximum absolute atomic E-state index is 13.4. The number of piperazine rings is 1. The van der Waals surface area contributed by atoms with Crippen molar-refractivity contribution in [2.24, 2.45) is 5.92 Å². The van der Waals surface area contributed by atoms with Crippen LogP contribution in [0, 0.1) is 5.92 Å². The third-order valence-corrected chi connectivity index (χ3v) is 11.8. The van der Waals surface area contributed by atoms with E-state index in [1.807, 2.05) is 63.4 Å². The van der Waals surface area contributed by atoms with E-state index in [-0.39, 0.29) is 31.0 Å². The predicted octanol–water partition coefficient (Wildman–Crippen LogP) is 6.31. The second kappa shape index (κ2) is 17.7. The molecular weight excluding hydrogens is 761 g/mol. The highest BCUT2D eigenvalue weighted by Gasteiger charge is 2.34. The van der Waals surface area contributed by atoms with Crippen molar-refractivity contribution in [3.8, 4) is 5.75 Å². The summed E-state index contributed by atoms with van der Waals surface area (Å²) in [4.78, 5) is 64.9. The number of methoxy groups -OCH3 is 1. The van der Waals surface area contributed by atoms with Crippen molar-refractivity contribution >= 4 is 46.9 Å². The summed E-state index contributed by atoms with van der Waals surface area (Å²) in [7, 11) is 1.61. The summed E-state index contributed by atoms with van der Waals surface area (Å²) in [5.74, 6) is 2.65. The number of carbonyl (C=O) groups is 3. The summed E-state index contributed by atoms with van der Waals surface area (Å²) in [6.07, 6.45) is 6.58. The molecule has 0 saturated carbocycles. The van der Waals surface area contributed by atoms with E-state index in [2.05, 4.69) is 49.3 Å². The number of imide groups is 1. The number of ether oxygens (including phenoxy) is 2. The number of nitrogens with zero attached hydrogens (tertiary/aromatic N) is 9. The smallest absolute Gasteiger partial charge is 0.410 e. The number of rotatable bonds is 10. The van der Waals surface area contributed by atoms with E-state index < -0.39 is 5.60 Å². The highest BCUT2D eigenvalue weighted by atomic mass is 16.6. The lowest BCUT2D eigenvalue weighted by Crippen LogP contribution is -2.52. The van der Waals surface area contributed by atoms with Crippen molar-refractivity contribution in [3.63, 3.8) is 0 Å². The maximum Gasteiger partial charge on any atom is 0.410 e. The summed E-state index contributed by atoms with van der Waals surface area (Å²) in [5.41, 5.74) is 5.06. The number of carbonyl (C=O) groups excluding carboxylic acids is 3.